The summed E-state index contributed by atoms with van der Waals surface area (Å²) in [6.45, 7) is 3.27. The predicted molar refractivity (Wildman–Crippen MR) is 123 cm³/mol. The Bertz CT molecular complexity index is 888. The quantitative estimate of drug-likeness (QED) is 0.709. The summed E-state index contributed by atoms with van der Waals surface area (Å²) in [5.41, 5.74) is 1.83. The van der Waals surface area contributed by atoms with Gasteiger partial charge in [-0.15, -0.1) is 0 Å². The first-order valence-electron chi connectivity index (χ1n) is 11.3. The highest BCUT2D eigenvalue weighted by molar-refractivity contribution is 5.94. The Balaban J connectivity index is 1.27. The Morgan fingerprint density at radius 1 is 0.938 bits per heavy atom. The van der Waals surface area contributed by atoms with Crippen LogP contribution in [0.25, 0.3) is 0 Å². The number of nitrogens with zero attached hydrogens (tertiary/aromatic N) is 1. The molecule has 172 valence electrons. The van der Waals surface area contributed by atoms with Crippen LogP contribution in [0.1, 0.15) is 36.0 Å². The zero-order chi connectivity index (χ0) is 22.3. The number of benzene rings is 2. The number of amides is 1. The van der Waals surface area contributed by atoms with Gasteiger partial charge in [-0.2, -0.15) is 0 Å². The van der Waals surface area contributed by atoms with Crippen LogP contribution in [0.2, 0.25) is 0 Å². The molecular formula is C25H32N2O5. The molecule has 1 amide bonds. The molecule has 1 N–H and O–H groups in total. The van der Waals surface area contributed by atoms with Crippen molar-refractivity contribution in [2.75, 3.05) is 45.4 Å². The summed E-state index contributed by atoms with van der Waals surface area (Å²) in [5, 5.41) is 3.19. The topological polar surface area (TPSA) is 69.3 Å². The van der Waals surface area contributed by atoms with Gasteiger partial charge in [0, 0.05) is 30.4 Å². The zero-order valence-electron chi connectivity index (χ0n) is 18.8. The van der Waals surface area contributed by atoms with E-state index in [2.05, 4.69) is 10.2 Å². The number of hydrogen-bond acceptors (Lipinski definition) is 6. The molecule has 2 aliphatic rings. The minimum Gasteiger partial charge on any atom is -0.493 e. The van der Waals surface area contributed by atoms with E-state index in [9.17, 15) is 4.79 Å². The molecular weight excluding hydrogens is 408 g/mol. The molecule has 4 rings (SSSR count). The van der Waals surface area contributed by atoms with Gasteiger partial charge in [-0.1, -0.05) is 6.07 Å². The third-order valence-corrected chi connectivity index (χ3v) is 6.18. The van der Waals surface area contributed by atoms with Crippen LogP contribution in [0.5, 0.6) is 17.2 Å². The van der Waals surface area contributed by atoms with Gasteiger partial charge in [0.25, 0.3) is 5.91 Å². The molecule has 0 unspecified atom stereocenters. The lowest BCUT2D eigenvalue weighted by Crippen LogP contribution is -2.39. The molecule has 0 spiro atoms. The van der Waals surface area contributed by atoms with Crippen LogP contribution < -0.4 is 24.4 Å². The minimum absolute atomic E-state index is 0.0163. The standard InChI is InChI=1S/C25H32N2O5/c1-29-22-4-3-5-23(24(22)30-2)32-21-12-8-19(9-13-21)26-25(28)18-6-10-20(11-7-18)27-14-16-31-17-15-27/h3-7,10-11,19,21H,8-9,12-17H2,1-2H3,(H,26,28). The van der Waals surface area contributed by atoms with Crippen molar-refractivity contribution in [3.05, 3.63) is 48.0 Å². The van der Waals surface area contributed by atoms with E-state index in [0.29, 0.717) is 22.8 Å². The first-order valence-corrected chi connectivity index (χ1v) is 11.3. The number of ether oxygens (including phenoxy) is 4. The molecule has 1 heterocycles. The van der Waals surface area contributed by atoms with Gasteiger partial charge in [0.05, 0.1) is 33.5 Å². The third kappa shape index (κ3) is 5.27. The van der Waals surface area contributed by atoms with Crippen molar-refractivity contribution in [1.29, 1.82) is 0 Å². The van der Waals surface area contributed by atoms with Crippen molar-refractivity contribution in [1.82, 2.24) is 5.32 Å². The highest BCUT2D eigenvalue weighted by Crippen LogP contribution is 2.38. The second kappa shape index (κ2) is 10.6. The highest BCUT2D eigenvalue weighted by atomic mass is 16.5. The Morgan fingerprint density at radius 2 is 1.62 bits per heavy atom. The second-order valence-corrected chi connectivity index (χ2v) is 8.20. The Hall–Kier alpha value is -2.93. The molecule has 2 aromatic rings. The maximum Gasteiger partial charge on any atom is 0.251 e. The number of morpholine rings is 1. The molecule has 7 heteroatoms. The molecule has 1 aliphatic carbocycles. The van der Waals surface area contributed by atoms with Crippen molar-refractivity contribution in [2.24, 2.45) is 0 Å². The van der Waals surface area contributed by atoms with Crippen LogP contribution in [0.3, 0.4) is 0 Å². The van der Waals surface area contributed by atoms with E-state index >= 15 is 0 Å². The molecule has 32 heavy (non-hydrogen) atoms. The van der Waals surface area contributed by atoms with E-state index in [1.54, 1.807) is 14.2 Å². The maximum absolute atomic E-state index is 12.7. The van der Waals surface area contributed by atoms with Crippen molar-refractivity contribution >= 4 is 11.6 Å². The molecule has 1 aliphatic heterocycles. The van der Waals surface area contributed by atoms with Gasteiger partial charge >= 0.3 is 0 Å². The van der Waals surface area contributed by atoms with Gasteiger partial charge in [-0.05, 0) is 62.1 Å². The summed E-state index contributed by atoms with van der Waals surface area (Å²) in [6.07, 6.45) is 3.61. The summed E-state index contributed by atoms with van der Waals surface area (Å²) in [5.74, 6) is 1.95. The second-order valence-electron chi connectivity index (χ2n) is 8.20. The Morgan fingerprint density at radius 3 is 2.28 bits per heavy atom. The number of nitrogens with one attached hydrogen (secondary N) is 1. The summed E-state index contributed by atoms with van der Waals surface area (Å²) in [7, 11) is 3.23. The molecule has 7 nitrogen and oxygen atoms in total. The normalized spacial score (nSPS) is 21.0. The third-order valence-electron chi connectivity index (χ3n) is 6.18. The number of rotatable bonds is 7. The number of carbonyl (C=O) groups is 1. The van der Waals surface area contributed by atoms with Gasteiger partial charge in [0.2, 0.25) is 5.75 Å². The number of hydrogen-bond donors (Lipinski definition) is 1. The van der Waals surface area contributed by atoms with Crippen LogP contribution in [0, 0.1) is 0 Å². The number of para-hydroxylation sites is 1. The van der Waals surface area contributed by atoms with Crippen molar-refractivity contribution < 1.29 is 23.7 Å². The van der Waals surface area contributed by atoms with E-state index in [-0.39, 0.29) is 18.1 Å². The molecule has 0 aromatic heterocycles. The number of anilines is 1. The highest BCUT2D eigenvalue weighted by Gasteiger charge is 2.25. The fourth-order valence-electron chi connectivity index (χ4n) is 4.37. The van der Waals surface area contributed by atoms with Crippen molar-refractivity contribution in [2.45, 2.75) is 37.8 Å². The fourth-order valence-corrected chi connectivity index (χ4v) is 4.37. The van der Waals surface area contributed by atoms with Crippen LogP contribution in [0.15, 0.2) is 42.5 Å². The molecule has 0 bridgehead atoms. The monoisotopic (exact) mass is 440 g/mol. The Labute approximate surface area is 189 Å². The molecule has 1 saturated heterocycles. The molecule has 2 fully saturated rings. The average Bonchev–Trinajstić information content (AvgIpc) is 2.85. The van der Waals surface area contributed by atoms with Crippen molar-refractivity contribution in [3.63, 3.8) is 0 Å². The van der Waals surface area contributed by atoms with Gasteiger partial charge in [-0.3, -0.25) is 4.79 Å². The lowest BCUT2D eigenvalue weighted by Gasteiger charge is -2.30. The van der Waals surface area contributed by atoms with E-state index in [0.717, 1.165) is 57.7 Å². The first kappa shape index (κ1) is 22.3. The van der Waals surface area contributed by atoms with Crippen LogP contribution in [0.4, 0.5) is 5.69 Å². The summed E-state index contributed by atoms with van der Waals surface area (Å²) in [4.78, 5) is 15.0. The van der Waals surface area contributed by atoms with E-state index in [1.165, 1.54) is 0 Å². The van der Waals surface area contributed by atoms with Gasteiger partial charge in [0.15, 0.2) is 11.5 Å². The smallest absolute Gasteiger partial charge is 0.251 e. The largest absolute Gasteiger partial charge is 0.493 e. The molecule has 2 aromatic carbocycles. The Kier molecular flexibility index (Phi) is 7.37. The van der Waals surface area contributed by atoms with Gasteiger partial charge in [-0.25, -0.2) is 0 Å². The predicted octanol–water partition coefficient (Wildman–Crippen LogP) is 3.66. The molecule has 1 saturated carbocycles. The molecule has 0 atom stereocenters. The number of carbonyl (C=O) groups excluding carboxylic acids is 1. The lowest BCUT2D eigenvalue weighted by atomic mass is 9.92. The fraction of sp³-hybridized carbons (Fsp3) is 0.480. The van der Waals surface area contributed by atoms with Gasteiger partial charge < -0.3 is 29.2 Å². The minimum atomic E-state index is -0.0163. The van der Waals surface area contributed by atoms with E-state index in [1.807, 2.05) is 42.5 Å². The first-order chi connectivity index (χ1) is 15.7. The number of methoxy groups -OCH3 is 2. The maximum atomic E-state index is 12.7. The average molecular weight is 441 g/mol. The van der Waals surface area contributed by atoms with E-state index < -0.39 is 0 Å². The van der Waals surface area contributed by atoms with Gasteiger partial charge in [0.1, 0.15) is 0 Å². The summed E-state index contributed by atoms with van der Waals surface area (Å²) < 4.78 is 22.4. The lowest BCUT2D eigenvalue weighted by molar-refractivity contribution is 0.0891. The molecule has 0 radical (unpaired) electrons. The van der Waals surface area contributed by atoms with E-state index in [4.69, 9.17) is 18.9 Å². The SMILES string of the molecule is COc1cccc(OC2CCC(NC(=O)c3ccc(N4CCOCC4)cc3)CC2)c1OC. The summed E-state index contributed by atoms with van der Waals surface area (Å²) in [6, 6.07) is 13.7. The summed E-state index contributed by atoms with van der Waals surface area (Å²) >= 11 is 0. The van der Waals surface area contributed by atoms with Crippen LogP contribution >= 0.6 is 0 Å². The van der Waals surface area contributed by atoms with Crippen LogP contribution in [-0.4, -0.2) is 58.6 Å². The van der Waals surface area contributed by atoms with Crippen molar-refractivity contribution in [3.8, 4) is 17.2 Å². The zero-order valence-corrected chi connectivity index (χ0v) is 18.8. The van der Waals surface area contributed by atoms with Crippen LogP contribution in [-0.2, 0) is 4.74 Å².